The number of benzene rings is 3. The van der Waals surface area contributed by atoms with Crippen molar-refractivity contribution in [2.75, 3.05) is 13.1 Å². The number of nitro groups is 1. The zero-order chi connectivity index (χ0) is 36.8. The predicted molar refractivity (Wildman–Crippen MR) is 181 cm³/mol. The average Bonchev–Trinajstić information content (AvgIpc) is 3.13. The molecule has 3 aromatic rings. The fraction of sp³-hybridized carbons (Fsp3) is 0.294. The second-order valence-corrected chi connectivity index (χ2v) is 10.8. The van der Waals surface area contributed by atoms with Crippen molar-refractivity contribution in [3.63, 3.8) is 0 Å². The lowest BCUT2D eigenvalue weighted by Crippen LogP contribution is -2.51. The fourth-order valence-electron chi connectivity index (χ4n) is 4.34. The molecule has 0 saturated heterocycles. The van der Waals surface area contributed by atoms with Gasteiger partial charge in [0.2, 0.25) is 11.8 Å². The lowest BCUT2D eigenvalue weighted by atomic mass is 10.1. The zero-order valence-corrected chi connectivity index (χ0v) is 27.5. The summed E-state index contributed by atoms with van der Waals surface area (Å²) >= 11 is 0. The SMILES string of the molecule is N/C(=N\[N+](=O)[O-])NCCC[C@@H](NC(=O)OCc1ccccc1)C(=O)NCC(=O)N[C@H](CC(=O)OCc1ccccc1)C(=O)OCc1ccccc1. The molecule has 0 fully saturated rings. The molecule has 0 saturated carbocycles. The lowest BCUT2D eigenvalue weighted by molar-refractivity contribution is -0.485. The van der Waals surface area contributed by atoms with E-state index in [0.717, 1.165) is 5.56 Å². The Labute approximate surface area is 293 Å². The average molecular weight is 706 g/mol. The molecule has 0 aliphatic rings. The number of carbonyl (C=O) groups is 5. The van der Waals surface area contributed by atoms with Crippen LogP contribution in [0.2, 0.25) is 0 Å². The van der Waals surface area contributed by atoms with Crippen LogP contribution in [0.15, 0.2) is 96.1 Å². The van der Waals surface area contributed by atoms with Crippen LogP contribution in [0.25, 0.3) is 0 Å². The number of guanidine groups is 1. The highest BCUT2D eigenvalue weighted by atomic mass is 16.7. The number of hydrogen-bond donors (Lipinski definition) is 5. The quantitative estimate of drug-likeness (QED) is 0.0227. The number of ether oxygens (including phenoxy) is 3. The van der Waals surface area contributed by atoms with E-state index >= 15 is 0 Å². The van der Waals surface area contributed by atoms with Crippen molar-refractivity contribution in [1.29, 1.82) is 0 Å². The third-order valence-electron chi connectivity index (χ3n) is 6.87. The summed E-state index contributed by atoms with van der Waals surface area (Å²) in [6.45, 7) is -0.829. The highest BCUT2D eigenvalue weighted by Crippen LogP contribution is 2.08. The van der Waals surface area contributed by atoms with Crippen LogP contribution in [0.4, 0.5) is 4.79 Å². The van der Waals surface area contributed by atoms with Crippen LogP contribution in [0, 0.1) is 10.1 Å². The zero-order valence-electron chi connectivity index (χ0n) is 27.5. The Morgan fingerprint density at radius 3 is 1.80 bits per heavy atom. The number of alkyl carbamates (subject to hydrolysis) is 1. The van der Waals surface area contributed by atoms with Gasteiger partial charge in [-0.3, -0.25) is 14.4 Å². The Morgan fingerprint density at radius 2 is 1.25 bits per heavy atom. The molecule has 17 nitrogen and oxygen atoms in total. The van der Waals surface area contributed by atoms with E-state index in [4.69, 9.17) is 19.9 Å². The van der Waals surface area contributed by atoms with Crippen LogP contribution in [0.1, 0.15) is 36.0 Å². The van der Waals surface area contributed by atoms with Gasteiger partial charge >= 0.3 is 18.0 Å². The minimum absolute atomic E-state index is 0.00563. The number of hydrazone groups is 1. The Kier molecular flexibility index (Phi) is 16.4. The normalized spacial score (nSPS) is 12.0. The minimum Gasteiger partial charge on any atom is -0.461 e. The number of hydrogen-bond acceptors (Lipinski definition) is 10. The maximum atomic E-state index is 13.1. The van der Waals surface area contributed by atoms with E-state index in [2.05, 4.69) is 26.4 Å². The van der Waals surface area contributed by atoms with Gasteiger partial charge in [-0.05, 0) is 29.5 Å². The number of carbonyl (C=O) groups excluding carboxylic acids is 5. The molecule has 0 aromatic heterocycles. The molecule has 17 heteroatoms. The van der Waals surface area contributed by atoms with Gasteiger partial charge < -0.3 is 41.2 Å². The molecule has 0 unspecified atom stereocenters. The summed E-state index contributed by atoms with van der Waals surface area (Å²) in [6, 6.07) is 23.8. The number of rotatable bonds is 19. The molecule has 270 valence electrons. The number of esters is 2. The molecule has 51 heavy (non-hydrogen) atoms. The largest absolute Gasteiger partial charge is 0.461 e. The summed E-state index contributed by atoms with van der Waals surface area (Å²) in [5.74, 6) is -3.74. The topological polar surface area (TPSA) is 243 Å². The van der Waals surface area contributed by atoms with Gasteiger partial charge in [0.05, 0.1) is 13.0 Å². The Bertz CT molecular complexity index is 1630. The van der Waals surface area contributed by atoms with Gasteiger partial charge in [-0.25, -0.2) is 19.7 Å². The standard InChI is InChI=1S/C34H39N7O10/c35-33(40-41(47)48)36-18-10-17-27(39-34(46)51-23-26-15-8-3-9-16-26)31(44)37-20-29(42)38-28(32(45)50-22-25-13-6-2-7-14-25)19-30(43)49-21-24-11-4-1-5-12-24/h1-9,11-16,27-28H,10,17-23H2,(H,37,44)(H,38,42)(H,39,46)(H3,35,36,40)/t27-,28-/m1/s1. The molecule has 3 amide bonds. The van der Waals surface area contributed by atoms with E-state index < -0.39 is 65.9 Å². The smallest absolute Gasteiger partial charge is 0.408 e. The van der Waals surface area contributed by atoms with E-state index in [1.165, 1.54) is 0 Å². The predicted octanol–water partition coefficient (Wildman–Crippen LogP) is 1.64. The van der Waals surface area contributed by atoms with Crippen molar-refractivity contribution < 1.29 is 43.2 Å². The van der Waals surface area contributed by atoms with Gasteiger partial charge in [0.1, 0.15) is 37.0 Å². The van der Waals surface area contributed by atoms with Crippen LogP contribution in [-0.2, 0) is 53.2 Å². The Balaban J connectivity index is 1.60. The first-order valence-electron chi connectivity index (χ1n) is 15.8. The van der Waals surface area contributed by atoms with Gasteiger partial charge in [-0.2, -0.15) is 0 Å². The first kappa shape index (κ1) is 38.9. The summed E-state index contributed by atoms with van der Waals surface area (Å²) in [7, 11) is 0. The molecule has 0 spiro atoms. The van der Waals surface area contributed by atoms with Crippen LogP contribution in [0.3, 0.4) is 0 Å². The molecule has 6 N–H and O–H groups in total. The van der Waals surface area contributed by atoms with Crippen molar-refractivity contribution in [2.45, 2.75) is 51.2 Å². The monoisotopic (exact) mass is 705 g/mol. The summed E-state index contributed by atoms with van der Waals surface area (Å²) in [6.07, 6.45) is -1.29. The number of nitrogens with one attached hydrogen (secondary N) is 4. The lowest BCUT2D eigenvalue weighted by Gasteiger charge is -2.20. The highest BCUT2D eigenvalue weighted by molar-refractivity contribution is 5.92. The molecule has 2 atom stereocenters. The highest BCUT2D eigenvalue weighted by Gasteiger charge is 2.28. The van der Waals surface area contributed by atoms with E-state index in [1.807, 2.05) is 0 Å². The van der Waals surface area contributed by atoms with Crippen LogP contribution in [-0.4, -0.2) is 66.0 Å². The van der Waals surface area contributed by atoms with Crippen molar-refractivity contribution in [2.24, 2.45) is 10.8 Å². The molecular weight excluding hydrogens is 666 g/mol. The van der Waals surface area contributed by atoms with E-state index in [0.29, 0.717) is 11.1 Å². The molecule has 3 aromatic carbocycles. The van der Waals surface area contributed by atoms with Crippen LogP contribution < -0.4 is 27.0 Å². The minimum atomic E-state index is -1.44. The summed E-state index contributed by atoms with van der Waals surface area (Å²) in [5, 5.41) is 22.2. The van der Waals surface area contributed by atoms with Crippen molar-refractivity contribution in [1.82, 2.24) is 21.3 Å². The summed E-state index contributed by atoms with van der Waals surface area (Å²) in [4.78, 5) is 74.7. The molecular formula is C34H39N7O10. The fourth-order valence-corrected chi connectivity index (χ4v) is 4.34. The van der Waals surface area contributed by atoms with Crippen LogP contribution in [0.5, 0.6) is 0 Å². The van der Waals surface area contributed by atoms with Gasteiger partial charge in [0.15, 0.2) is 5.03 Å². The second-order valence-electron chi connectivity index (χ2n) is 10.8. The Hall–Kier alpha value is -6.52. The van der Waals surface area contributed by atoms with Gasteiger partial charge in [-0.1, -0.05) is 91.0 Å². The second kappa shape index (κ2) is 21.5. The Morgan fingerprint density at radius 1 is 0.725 bits per heavy atom. The van der Waals surface area contributed by atoms with Gasteiger partial charge in [-0.15, -0.1) is 0 Å². The summed E-state index contributed by atoms with van der Waals surface area (Å²) < 4.78 is 15.8. The maximum Gasteiger partial charge on any atom is 0.408 e. The molecule has 3 rings (SSSR count). The molecule has 0 aliphatic carbocycles. The molecule has 0 bridgehead atoms. The molecule has 0 aliphatic heterocycles. The third-order valence-corrected chi connectivity index (χ3v) is 6.87. The van der Waals surface area contributed by atoms with Gasteiger partial charge in [0.25, 0.3) is 5.96 Å². The van der Waals surface area contributed by atoms with E-state index in [9.17, 15) is 34.1 Å². The number of amides is 3. The maximum absolute atomic E-state index is 13.1. The third kappa shape index (κ3) is 16.0. The number of nitrogens with zero attached hydrogens (tertiary/aromatic N) is 2. The van der Waals surface area contributed by atoms with Crippen molar-refractivity contribution in [3.8, 4) is 0 Å². The van der Waals surface area contributed by atoms with Crippen molar-refractivity contribution >= 4 is 35.8 Å². The van der Waals surface area contributed by atoms with Gasteiger partial charge in [0, 0.05) is 6.54 Å². The first-order valence-corrected chi connectivity index (χ1v) is 15.8. The number of nitrogens with two attached hydrogens (primary N) is 1. The van der Waals surface area contributed by atoms with E-state index in [-0.39, 0.29) is 39.2 Å². The summed E-state index contributed by atoms with van der Waals surface area (Å²) in [5.41, 5.74) is 7.52. The van der Waals surface area contributed by atoms with E-state index in [1.54, 1.807) is 91.0 Å². The first-order chi connectivity index (χ1) is 24.6. The van der Waals surface area contributed by atoms with Crippen molar-refractivity contribution in [3.05, 3.63) is 118 Å². The molecule has 0 radical (unpaired) electrons. The van der Waals surface area contributed by atoms with Crippen LogP contribution >= 0.6 is 0 Å². The molecule has 0 heterocycles.